The molecule has 0 spiro atoms. The lowest BCUT2D eigenvalue weighted by Crippen LogP contribution is -2.58. The van der Waals surface area contributed by atoms with E-state index in [0.29, 0.717) is 16.6 Å². The van der Waals surface area contributed by atoms with E-state index in [4.69, 9.17) is 11.6 Å². The Hall–Kier alpha value is -1.34. The number of rotatable bonds is 2. The molecule has 0 saturated carbocycles. The highest BCUT2D eigenvalue weighted by Gasteiger charge is 2.38. The molecule has 0 aliphatic carbocycles. The van der Waals surface area contributed by atoms with Crippen LogP contribution in [0.3, 0.4) is 0 Å². The quantitative estimate of drug-likeness (QED) is 0.857. The van der Waals surface area contributed by atoms with Crippen LogP contribution in [0.1, 0.15) is 21.5 Å². The van der Waals surface area contributed by atoms with Crippen LogP contribution in [0.25, 0.3) is 0 Å². The van der Waals surface area contributed by atoms with Gasteiger partial charge in [-0.05, 0) is 6.07 Å². The predicted octanol–water partition coefficient (Wildman–Crippen LogP) is 1.71. The lowest BCUT2D eigenvalue weighted by atomic mass is 10.1. The summed E-state index contributed by atoms with van der Waals surface area (Å²) in [5, 5.41) is 11.1. The number of hydrogen-bond acceptors (Lipinski definition) is 5. The minimum Gasteiger partial charge on any atom is -0.308 e. The van der Waals surface area contributed by atoms with Crippen LogP contribution in [0.5, 0.6) is 0 Å². The van der Waals surface area contributed by atoms with Crippen LogP contribution in [0, 0.1) is 0 Å². The first kappa shape index (κ1) is 12.7. The van der Waals surface area contributed by atoms with E-state index in [1.165, 1.54) is 11.3 Å². The molecule has 1 N–H and O–H groups in total. The maximum Gasteiger partial charge on any atom is 0.251 e. The zero-order valence-corrected chi connectivity index (χ0v) is 11.4. The molecule has 0 saturated heterocycles. The number of thiazole rings is 1. The second kappa shape index (κ2) is 4.97. The van der Waals surface area contributed by atoms with Crippen LogP contribution in [0.2, 0.25) is 4.47 Å². The average molecular weight is 297 g/mol. The molecule has 2 aromatic heterocycles. The molecule has 0 bridgehead atoms. The van der Waals surface area contributed by atoms with Crippen molar-refractivity contribution in [1.82, 2.24) is 10.0 Å². The number of nitrogens with zero attached hydrogens (tertiary/aromatic N) is 3. The van der Waals surface area contributed by atoms with Crippen molar-refractivity contribution < 1.29 is 14.6 Å². The summed E-state index contributed by atoms with van der Waals surface area (Å²) in [7, 11) is 0. The van der Waals surface area contributed by atoms with Gasteiger partial charge in [0.05, 0.1) is 6.42 Å². The van der Waals surface area contributed by atoms with Crippen molar-refractivity contribution in [3.63, 3.8) is 0 Å². The molecule has 0 aromatic carbocycles. The van der Waals surface area contributed by atoms with Crippen LogP contribution in [-0.2, 0) is 6.42 Å². The summed E-state index contributed by atoms with van der Waals surface area (Å²) in [6.07, 6.45) is 3.73. The first-order valence-corrected chi connectivity index (χ1v) is 6.93. The summed E-state index contributed by atoms with van der Waals surface area (Å²) in [5.41, 5.74) is 0.605. The van der Waals surface area contributed by atoms with Crippen LogP contribution in [0.4, 0.5) is 0 Å². The van der Waals surface area contributed by atoms with Crippen LogP contribution in [0.15, 0.2) is 30.6 Å². The maximum absolute atomic E-state index is 11.8. The third kappa shape index (κ3) is 2.40. The Bertz CT molecular complexity index is 631. The summed E-state index contributed by atoms with van der Waals surface area (Å²) < 4.78 is 2.25. The maximum atomic E-state index is 11.8. The van der Waals surface area contributed by atoms with Gasteiger partial charge in [-0.25, -0.2) is 4.98 Å². The zero-order chi connectivity index (χ0) is 13.4. The van der Waals surface area contributed by atoms with Gasteiger partial charge in [0.1, 0.15) is 6.54 Å². The van der Waals surface area contributed by atoms with Gasteiger partial charge in [-0.2, -0.15) is 4.57 Å². The molecule has 1 aliphatic heterocycles. The Labute approximate surface area is 118 Å². The van der Waals surface area contributed by atoms with E-state index in [2.05, 4.69) is 4.98 Å². The largest absolute Gasteiger partial charge is 0.308 e. The minimum atomic E-state index is -0.314. The fourth-order valence-corrected chi connectivity index (χ4v) is 3.20. The predicted molar refractivity (Wildman–Crippen MR) is 69.3 cm³/mol. The number of aromatic nitrogens is 2. The van der Waals surface area contributed by atoms with E-state index in [1.54, 1.807) is 23.0 Å². The van der Waals surface area contributed by atoms with E-state index < -0.39 is 0 Å². The van der Waals surface area contributed by atoms with Gasteiger partial charge in [-0.15, -0.1) is 16.4 Å². The lowest BCUT2D eigenvalue weighted by molar-refractivity contribution is -0.761. The molecule has 19 heavy (non-hydrogen) atoms. The topological polar surface area (TPSA) is 57.3 Å². The van der Waals surface area contributed by atoms with Gasteiger partial charge in [0.2, 0.25) is 11.9 Å². The van der Waals surface area contributed by atoms with Crippen molar-refractivity contribution in [3.05, 3.63) is 45.6 Å². The first-order chi connectivity index (χ1) is 9.15. The zero-order valence-electron chi connectivity index (χ0n) is 9.86. The van der Waals surface area contributed by atoms with Gasteiger partial charge >= 0.3 is 0 Å². The van der Waals surface area contributed by atoms with E-state index >= 15 is 0 Å². The van der Waals surface area contributed by atoms with E-state index in [9.17, 15) is 10.0 Å². The van der Waals surface area contributed by atoms with E-state index in [-0.39, 0.29) is 18.5 Å². The van der Waals surface area contributed by atoms with E-state index in [0.717, 1.165) is 9.94 Å². The summed E-state index contributed by atoms with van der Waals surface area (Å²) >= 11 is 7.19. The number of ketones is 1. The minimum absolute atomic E-state index is 0.00121. The number of hydrogen-bond donors (Lipinski definition) is 1. The monoisotopic (exact) mass is 296 g/mol. The Morgan fingerprint density at radius 3 is 3.16 bits per heavy atom. The third-order valence-corrected chi connectivity index (χ3v) is 4.19. The van der Waals surface area contributed by atoms with Crippen molar-refractivity contribution >= 4 is 28.7 Å². The normalized spacial score (nSPS) is 19.5. The van der Waals surface area contributed by atoms with Gasteiger partial charge in [0.25, 0.3) is 5.69 Å². The number of pyridine rings is 1. The first-order valence-electron chi connectivity index (χ1n) is 5.74. The Morgan fingerprint density at radius 2 is 2.42 bits per heavy atom. The summed E-state index contributed by atoms with van der Waals surface area (Å²) in [6, 6.07) is 5.42. The number of Topliss-reactive ketones (excluding diaryl/α,β-unsaturated/α-hetero) is 1. The van der Waals surface area contributed by atoms with Gasteiger partial charge in [0, 0.05) is 23.2 Å². The molecular weight excluding hydrogens is 286 g/mol. The van der Waals surface area contributed by atoms with Gasteiger partial charge in [0.15, 0.2) is 10.7 Å². The Morgan fingerprint density at radius 1 is 1.58 bits per heavy atom. The number of carbonyl (C=O) groups excluding carboxylic acids is 1. The highest BCUT2D eigenvalue weighted by molar-refractivity contribution is 7.15. The highest BCUT2D eigenvalue weighted by Crippen LogP contribution is 2.23. The molecule has 7 heteroatoms. The number of halogens is 1. The molecule has 0 radical (unpaired) electrons. The molecule has 0 amide bonds. The molecule has 2 aromatic rings. The van der Waals surface area contributed by atoms with Crippen molar-refractivity contribution in [3.8, 4) is 0 Å². The molecule has 98 valence electrons. The molecule has 1 atom stereocenters. The molecular formula is C12H11ClN3O2S+. The molecule has 5 nitrogen and oxygen atoms in total. The third-order valence-electron chi connectivity index (χ3n) is 3.06. The van der Waals surface area contributed by atoms with Crippen LogP contribution in [-0.4, -0.2) is 27.6 Å². The number of hydroxylamine groups is 2. The van der Waals surface area contributed by atoms with Gasteiger partial charge < -0.3 is 5.21 Å². The highest BCUT2D eigenvalue weighted by atomic mass is 35.5. The molecule has 0 fully saturated rings. The van der Waals surface area contributed by atoms with Crippen molar-refractivity contribution in [2.24, 2.45) is 0 Å². The van der Waals surface area contributed by atoms with Crippen LogP contribution >= 0.6 is 22.9 Å². The summed E-state index contributed by atoms with van der Waals surface area (Å²) in [6.45, 7) is 0.00121. The Kier molecular flexibility index (Phi) is 3.32. The smallest absolute Gasteiger partial charge is 0.251 e. The van der Waals surface area contributed by atoms with Crippen molar-refractivity contribution in [1.29, 1.82) is 0 Å². The Balaban J connectivity index is 1.96. The number of fused-ring (bicyclic) bond motifs is 1. The standard InChI is InChI=1S/C12H11ClN3O2S/c13-12-14-6-8(19-12)5-11-15-4-2-1-3-9(15)10(17)7-16(11)18/h1-4,6,11,18H,5,7H2/q+1. The number of carbonyl (C=O) groups is 1. The molecule has 3 rings (SSSR count). The molecule has 1 unspecified atom stereocenters. The average Bonchev–Trinajstić information content (AvgIpc) is 2.80. The van der Waals surface area contributed by atoms with E-state index in [1.807, 2.05) is 12.1 Å². The molecule has 3 heterocycles. The van der Waals surface area contributed by atoms with Crippen LogP contribution < -0.4 is 4.57 Å². The van der Waals surface area contributed by atoms with Gasteiger partial charge in [-0.1, -0.05) is 11.6 Å². The molecule has 1 aliphatic rings. The lowest BCUT2D eigenvalue weighted by Gasteiger charge is -2.25. The van der Waals surface area contributed by atoms with Crippen molar-refractivity contribution in [2.45, 2.75) is 12.6 Å². The fourth-order valence-electron chi connectivity index (χ4n) is 2.19. The van der Waals surface area contributed by atoms with Crippen molar-refractivity contribution in [2.75, 3.05) is 6.54 Å². The fraction of sp³-hybridized carbons (Fsp3) is 0.250. The second-order valence-corrected chi connectivity index (χ2v) is 5.98. The van der Waals surface area contributed by atoms with Gasteiger partial charge in [-0.3, -0.25) is 4.79 Å². The SMILES string of the molecule is O=C1CN(O)C(Cc2cnc(Cl)s2)[n+]2ccccc21. The summed E-state index contributed by atoms with van der Waals surface area (Å²) in [5.74, 6) is -0.0957. The second-order valence-electron chi connectivity index (χ2n) is 4.28. The summed E-state index contributed by atoms with van der Waals surface area (Å²) in [4.78, 5) is 16.8.